The van der Waals surface area contributed by atoms with Crippen molar-refractivity contribution < 1.29 is 14.3 Å². The summed E-state index contributed by atoms with van der Waals surface area (Å²) >= 11 is 0. The Kier molecular flexibility index (Phi) is 4.69. The summed E-state index contributed by atoms with van der Waals surface area (Å²) in [5.41, 5.74) is 1.39. The predicted molar refractivity (Wildman–Crippen MR) is 87.2 cm³/mol. The van der Waals surface area contributed by atoms with Gasteiger partial charge in [-0.2, -0.15) is 0 Å². The molecule has 0 radical (unpaired) electrons. The third-order valence-corrected chi connectivity index (χ3v) is 3.88. The molecule has 3 heterocycles. The summed E-state index contributed by atoms with van der Waals surface area (Å²) in [6.45, 7) is 0.818. The quantitative estimate of drug-likeness (QED) is 0.899. The van der Waals surface area contributed by atoms with Gasteiger partial charge < -0.3 is 15.0 Å². The molecule has 7 heteroatoms. The minimum Gasteiger partial charge on any atom is -0.481 e. The molecule has 124 valence electrons. The number of nitrogens with zero attached hydrogens (tertiary/aromatic N) is 3. The lowest BCUT2D eigenvalue weighted by atomic mass is 10.1. The highest BCUT2D eigenvalue weighted by Gasteiger charge is 2.34. The van der Waals surface area contributed by atoms with Crippen LogP contribution in [0.2, 0.25) is 0 Å². The number of rotatable bonds is 5. The molecule has 1 atom stereocenters. The molecule has 0 bridgehead atoms. The molecule has 0 saturated carbocycles. The first kappa shape index (κ1) is 15.9. The minimum atomic E-state index is -0.372. The summed E-state index contributed by atoms with van der Waals surface area (Å²) in [7, 11) is 1.53. The second-order valence-corrected chi connectivity index (χ2v) is 5.57. The fraction of sp³-hybridized carbons (Fsp3) is 0.294. The van der Waals surface area contributed by atoms with Gasteiger partial charge in [-0.1, -0.05) is 6.07 Å². The number of hydrogen-bond donors (Lipinski definition) is 1. The fourth-order valence-electron chi connectivity index (χ4n) is 2.61. The summed E-state index contributed by atoms with van der Waals surface area (Å²) in [6.07, 6.45) is 3.43. The number of carbonyl (C=O) groups is 2. The number of anilines is 1. The Morgan fingerprint density at radius 1 is 1.33 bits per heavy atom. The molecule has 2 aromatic rings. The van der Waals surface area contributed by atoms with Gasteiger partial charge in [-0.05, 0) is 18.2 Å². The number of carbonyl (C=O) groups excluding carboxylic acids is 2. The zero-order valence-corrected chi connectivity index (χ0v) is 13.3. The van der Waals surface area contributed by atoms with Gasteiger partial charge in [-0.25, -0.2) is 4.98 Å². The maximum absolute atomic E-state index is 12.3. The Morgan fingerprint density at radius 3 is 2.88 bits per heavy atom. The van der Waals surface area contributed by atoms with Crippen molar-refractivity contribution in [2.75, 3.05) is 19.0 Å². The molecule has 7 nitrogen and oxygen atoms in total. The van der Waals surface area contributed by atoms with E-state index in [0.29, 0.717) is 24.7 Å². The Bertz CT molecular complexity index is 718. The molecule has 0 aromatic carbocycles. The van der Waals surface area contributed by atoms with Gasteiger partial charge in [0.2, 0.25) is 17.7 Å². The van der Waals surface area contributed by atoms with Gasteiger partial charge in [-0.15, -0.1) is 0 Å². The van der Waals surface area contributed by atoms with Crippen molar-refractivity contribution in [2.45, 2.75) is 13.0 Å². The molecule has 24 heavy (non-hydrogen) atoms. The van der Waals surface area contributed by atoms with E-state index in [9.17, 15) is 9.59 Å². The topological polar surface area (TPSA) is 84.4 Å². The zero-order chi connectivity index (χ0) is 16.9. The van der Waals surface area contributed by atoms with Crippen LogP contribution in [-0.4, -0.2) is 40.3 Å². The second-order valence-electron chi connectivity index (χ2n) is 5.57. The van der Waals surface area contributed by atoms with E-state index in [1.165, 1.54) is 13.3 Å². The lowest BCUT2D eigenvalue weighted by molar-refractivity contribution is -0.128. The van der Waals surface area contributed by atoms with Crippen molar-refractivity contribution in [3.05, 3.63) is 48.4 Å². The van der Waals surface area contributed by atoms with Crippen molar-refractivity contribution >= 4 is 17.5 Å². The van der Waals surface area contributed by atoms with E-state index < -0.39 is 0 Å². The number of pyridine rings is 2. The Labute approximate surface area is 139 Å². The molecule has 3 rings (SSSR count). The smallest absolute Gasteiger partial charge is 0.229 e. The van der Waals surface area contributed by atoms with E-state index in [4.69, 9.17) is 4.74 Å². The standard InChI is InChI=1S/C17H18N4O3/c1-24-15-6-5-13(9-19-15)20-17(23)12-8-16(22)21(10-12)11-14-4-2-3-7-18-14/h2-7,9,12H,8,10-11H2,1H3,(H,20,23). The summed E-state index contributed by atoms with van der Waals surface area (Å²) in [5.74, 6) is -0.110. The number of amides is 2. The Hall–Kier alpha value is -2.96. The maximum atomic E-state index is 12.3. The average Bonchev–Trinajstić information content (AvgIpc) is 2.97. The first-order valence-corrected chi connectivity index (χ1v) is 7.64. The van der Waals surface area contributed by atoms with Crippen molar-refractivity contribution in [1.82, 2.24) is 14.9 Å². The molecule has 2 amide bonds. The van der Waals surface area contributed by atoms with Crippen LogP contribution in [0, 0.1) is 5.92 Å². The van der Waals surface area contributed by atoms with Crippen molar-refractivity contribution in [3.8, 4) is 5.88 Å². The lowest BCUT2D eigenvalue weighted by Crippen LogP contribution is -2.28. The summed E-state index contributed by atoms with van der Waals surface area (Å²) in [6, 6.07) is 8.96. The Balaban J connectivity index is 1.59. The van der Waals surface area contributed by atoms with Crippen LogP contribution in [0.1, 0.15) is 12.1 Å². The number of nitrogens with one attached hydrogen (secondary N) is 1. The summed E-state index contributed by atoms with van der Waals surface area (Å²) in [4.78, 5) is 34.4. The van der Waals surface area contributed by atoms with Crippen LogP contribution in [0.15, 0.2) is 42.7 Å². The number of hydrogen-bond acceptors (Lipinski definition) is 5. The molecule has 1 aliphatic heterocycles. The van der Waals surface area contributed by atoms with Crippen molar-refractivity contribution in [1.29, 1.82) is 0 Å². The van der Waals surface area contributed by atoms with Crippen LogP contribution in [0.3, 0.4) is 0 Å². The summed E-state index contributed by atoms with van der Waals surface area (Å²) < 4.78 is 4.98. The summed E-state index contributed by atoms with van der Waals surface area (Å²) in [5, 5.41) is 2.79. The molecular weight excluding hydrogens is 308 g/mol. The van der Waals surface area contributed by atoms with Gasteiger partial charge in [0.15, 0.2) is 0 Å². The van der Waals surface area contributed by atoms with Gasteiger partial charge in [0, 0.05) is 25.2 Å². The number of methoxy groups -OCH3 is 1. The molecule has 1 fully saturated rings. The molecule has 1 aliphatic rings. The first-order valence-electron chi connectivity index (χ1n) is 7.64. The third-order valence-electron chi connectivity index (χ3n) is 3.88. The van der Waals surface area contributed by atoms with Crippen LogP contribution in [0.25, 0.3) is 0 Å². The molecule has 2 aromatic heterocycles. The van der Waals surface area contributed by atoms with Crippen LogP contribution in [0.4, 0.5) is 5.69 Å². The van der Waals surface area contributed by atoms with E-state index in [2.05, 4.69) is 15.3 Å². The molecule has 0 spiro atoms. The minimum absolute atomic E-state index is 0.0336. The first-order chi connectivity index (χ1) is 11.7. The Morgan fingerprint density at radius 2 is 2.21 bits per heavy atom. The molecule has 0 aliphatic carbocycles. The average molecular weight is 326 g/mol. The largest absolute Gasteiger partial charge is 0.481 e. The van der Waals surface area contributed by atoms with Crippen LogP contribution in [0.5, 0.6) is 5.88 Å². The SMILES string of the molecule is COc1ccc(NC(=O)C2CC(=O)N(Cc3ccccn3)C2)cn1. The van der Waals surface area contributed by atoms with Gasteiger partial charge in [0.25, 0.3) is 0 Å². The van der Waals surface area contributed by atoms with Crippen LogP contribution in [-0.2, 0) is 16.1 Å². The van der Waals surface area contributed by atoms with Crippen LogP contribution >= 0.6 is 0 Å². The highest BCUT2D eigenvalue weighted by Crippen LogP contribution is 2.21. The molecule has 1 unspecified atom stereocenters. The van der Waals surface area contributed by atoms with E-state index in [1.807, 2.05) is 18.2 Å². The van der Waals surface area contributed by atoms with Gasteiger partial charge >= 0.3 is 0 Å². The van der Waals surface area contributed by atoms with Gasteiger partial charge in [0.05, 0.1) is 37.2 Å². The second kappa shape index (κ2) is 7.08. The molecule has 1 N–H and O–H groups in total. The predicted octanol–water partition coefficient (Wildman–Crippen LogP) is 1.47. The van der Waals surface area contributed by atoms with Gasteiger partial charge in [-0.3, -0.25) is 14.6 Å². The van der Waals surface area contributed by atoms with E-state index in [0.717, 1.165) is 5.69 Å². The van der Waals surface area contributed by atoms with E-state index in [-0.39, 0.29) is 24.2 Å². The van der Waals surface area contributed by atoms with Gasteiger partial charge in [0.1, 0.15) is 0 Å². The monoisotopic (exact) mass is 326 g/mol. The fourth-order valence-corrected chi connectivity index (χ4v) is 2.61. The van der Waals surface area contributed by atoms with Crippen molar-refractivity contribution in [2.24, 2.45) is 5.92 Å². The van der Waals surface area contributed by atoms with Crippen molar-refractivity contribution in [3.63, 3.8) is 0 Å². The normalized spacial score (nSPS) is 17.0. The van der Waals surface area contributed by atoms with Crippen LogP contribution < -0.4 is 10.1 Å². The highest BCUT2D eigenvalue weighted by atomic mass is 16.5. The third kappa shape index (κ3) is 3.68. The lowest BCUT2D eigenvalue weighted by Gasteiger charge is -2.16. The highest BCUT2D eigenvalue weighted by molar-refractivity contribution is 5.97. The number of aromatic nitrogens is 2. The number of likely N-dealkylation sites (tertiary alicyclic amines) is 1. The molecular formula is C17H18N4O3. The van der Waals surface area contributed by atoms with E-state index >= 15 is 0 Å². The zero-order valence-electron chi connectivity index (χ0n) is 13.3. The number of ether oxygens (including phenoxy) is 1. The molecule has 1 saturated heterocycles. The maximum Gasteiger partial charge on any atom is 0.229 e. The van der Waals surface area contributed by atoms with E-state index in [1.54, 1.807) is 23.2 Å².